The Hall–Kier alpha value is -1.09. The summed E-state index contributed by atoms with van der Waals surface area (Å²) >= 11 is 3.54. The fourth-order valence-corrected chi connectivity index (χ4v) is 2.13. The highest BCUT2D eigenvalue weighted by atomic mass is 79.9. The normalized spacial score (nSPS) is 12.1. The third-order valence-electron chi connectivity index (χ3n) is 2.97. The number of anilines is 1. The SMILES string of the molecule is Cc1c(Br)ccc2c(N)cc(C(C)(C)C)nc12. The van der Waals surface area contributed by atoms with Gasteiger partial charge in [0.1, 0.15) is 0 Å². The maximum atomic E-state index is 6.12. The van der Waals surface area contributed by atoms with Crippen LogP contribution in [0.3, 0.4) is 0 Å². The molecule has 2 aromatic rings. The van der Waals surface area contributed by atoms with Gasteiger partial charge in [-0.1, -0.05) is 36.7 Å². The van der Waals surface area contributed by atoms with Crippen molar-refractivity contribution in [2.24, 2.45) is 0 Å². The minimum absolute atomic E-state index is 0.0110. The first-order chi connectivity index (χ1) is 7.80. The number of rotatable bonds is 0. The van der Waals surface area contributed by atoms with Gasteiger partial charge in [0.05, 0.1) is 5.52 Å². The summed E-state index contributed by atoms with van der Waals surface area (Å²) in [6.07, 6.45) is 0. The summed E-state index contributed by atoms with van der Waals surface area (Å²) < 4.78 is 1.07. The molecule has 0 saturated heterocycles. The number of benzene rings is 1. The second kappa shape index (κ2) is 3.98. The van der Waals surface area contributed by atoms with E-state index in [0.29, 0.717) is 0 Å². The van der Waals surface area contributed by atoms with E-state index in [4.69, 9.17) is 10.7 Å². The van der Waals surface area contributed by atoms with E-state index in [9.17, 15) is 0 Å². The average molecular weight is 293 g/mol. The summed E-state index contributed by atoms with van der Waals surface area (Å²) in [4.78, 5) is 4.76. The summed E-state index contributed by atoms with van der Waals surface area (Å²) in [7, 11) is 0. The molecule has 2 N–H and O–H groups in total. The molecule has 1 aromatic heterocycles. The van der Waals surface area contributed by atoms with Crippen molar-refractivity contribution in [3.8, 4) is 0 Å². The lowest BCUT2D eigenvalue weighted by atomic mass is 9.90. The van der Waals surface area contributed by atoms with E-state index in [-0.39, 0.29) is 5.41 Å². The van der Waals surface area contributed by atoms with Gasteiger partial charge in [-0.3, -0.25) is 4.98 Å². The van der Waals surface area contributed by atoms with Crippen LogP contribution in [0.5, 0.6) is 0 Å². The summed E-state index contributed by atoms with van der Waals surface area (Å²) in [6.45, 7) is 8.50. The molecule has 0 aliphatic carbocycles. The molecule has 0 amide bonds. The number of pyridine rings is 1. The molecule has 0 spiro atoms. The molecular formula is C14H17BrN2. The van der Waals surface area contributed by atoms with Gasteiger partial charge in [-0.05, 0) is 30.7 Å². The number of hydrogen-bond acceptors (Lipinski definition) is 2. The van der Waals surface area contributed by atoms with Crippen molar-refractivity contribution in [1.29, 1.82) is 0 Å². The summed E-state index contributed by atoms with van der Waals surface area (Å²) in [5.41, 5.74) is 10.1. The molecule has 0 bridgehead atoms. The maximum absolute atomic E-state index is 6.12. The van der Waals surface area contributed by atoms with Gasteiger partial charge in [-0.25, -0.2) is 0 Å². The highest BCUT2D eigenvalue weighted by Crippen LogP contribution is 2.31. The summed E-state index contributed by atoms with van der Waals surface area (Å²) in [6, 6.07) is 6.02. The smallest absolute Gasteiger partial charge is 0.0766 e. The van der Waals surface area contributed by atoms with Crippen LogP contribution in [0.1, 0.15) is 32.0 Å². The Bertz CT molecular complexity index is 583. The van der Waals surface area contributed by atoms with E-state index >= 15 is 0 Å². The van der Waals surface area contributed by atoms with Crippen LogP contribution in [-0.2, 0) is 5.41 Å². The molecule has 3 heteroatoms. The van der Waals surface area contributed by atoms with E-state index in [1.165, 1.54) is 0 Å². The van der Waals surface area contributed by atoms with Gasteiger partial charge in [0.25, 0.3) is 0 Å². The van der Waals surface area contributed by atoms with Crippen LogP contribution >= 0.6 is 15.9 Å². The van der Waals surface area contributed by atoms with Crippen LogP contribution in [-0.4, -0.2) is 4.98 Å². The highest BCUT2D eigenvalue weighted by Gasteiger charge is 2.18. The van der Waals surface area contributed by atoms with Crippen molar-refractivity contribution in [2.75, 3.05) is 5.73 Å². The molecule has 0 aliphatic rings. The molecular weight excluding hydrogens is 276 g/mol. The Kier molecular flexibility index (Phi) is 2.90. The predicted molar refractivity (Wildman–Crippen MR) is 77.3 cm³/mol. The van der Waals surface area contributed by atoms with Crippen molar-refractivity contribution in [3.63, 3.8) is 0 Å². The zero-order chi connectivity index (χ0) is 12.8. The van der Waals surface area contributed by atoms with Crippen LogP contribution in [0.4, 0.5) is 5.69 Å². The van der Waals surface area contributed by atoms with Crippen molar-refractivity contribution in [1.82, 2.24) is 4.98 Å². The molecule has 1 heterocycles. The molecule has 90 valence electrons. The predicted octanol–water partition coefficient (Wildman–Crippen LogP) is 4.19. The second-order valence-electron chi connectivity index (χ2n) is 5.42. The van der Waals surface area contributed by atoms with Gasteiger partial charge in [-0.15, -0.1) is 0 Å². The van der Waals surface area contributed by atoms with Gasteiger partial charge >= 0.3 is 0 Å². The zero-order valence-electron chi connectivity index (χ0n) is 10.6. The van der Waals surface area contributed by atoms with Crippen LogP contribution in [0.15, 0.2) is 22.7 Å². The maximum Gasteiger partial charge on any atom is 0.0766 e. The number of hydrogen-bond donors (Lipinski definition) is 1. The van der Waals surface area contributed by atoms with Gasteiger partial charge in [0, 0.05) is 26.7 Å². The van der Waals surface area contributed by atoms with Crippen molar-refractivity contribution in [2.45, 2.75) is 33.1 Å². The number of nitrogens with two attached hydrogens (primary N) is 1. The number of nitrogens with zero attached hydrogens (tertiary/aromatic N) is 1. The van der Waals surface area contributed by atoms with Crippen molar-refractivity contribution < 1.29 is 0 Å². The van der Waals surface area contributed by atoms with E-state index < -0.39 is 0 Å². The Morgan fingerprint density at radius 1 is 1.24 bits per heavy atom. The van der Waals surface area contributed by atoms with Crippen LogP contribution in [0.25, 0.3) is 10.9 Å². The molecule has 0 aliphatic heterocycles. The first kappa shape index (κ1) is 12.4. The molecule has 2 nitrogen and oxygen atoms in total. The topological polar surface area (TPSA) is 38.9 Å². The Morgan fingerprint density at radius 3 is 2.47 bits per heavy atom. The molecule has 1 aromatic carbocycles. The first-order valence-corrected chi connectivity index (χ1v) is 6.46. The molecule has 0 unspecified atom stereocenters. The fraction of sp³-hybridized carbons (Fsp3) is 0.357. The summed E-state index contributed by atoms with van der Waals surface area (Å²) in [5, 5.41) is 1.03. The number of nitrogen functional groups attached to an aromatic ring is 1. The molecule has 0 atom stereocenters. The molecule has 2 rings (SSSR count). The largest absolute Gasteiger partial charge is 0.398 e. The minimum Gasteiger partial charge on any atom is -0.398 e. The molecule has 0 fully saturated rings. The minimum atomic E-state index is 0.0110. The van der Waals surface area contributed by atoms with Crippen molar-refractivity contribution in [3.05, 3.63) is 33.9 Å². The number of aromatic nitrogens is 1. The zero-order valence-corrected chi connectivity index (χ0v) is 12.2. The van der Waals surface area contributed by atoms with Gasteiger partial charge in [-0.2, -0.15) is 0 Å². The standard InChI is InChI=1S/C14H17BrN2/c1-8-10(15)6-5-9-11(16)7-12(14(2,3)4)17-13(8)9/h5-7H,1-4H3,(H2,16,17). The van der Waals surface area contributed by atoms with Crippen molar-refractivity contribution >= 4 is 32.5 Å². The molecule has 0 radical (unpaired) electrons. The van der Waals surface area contributed by atoms with E-state index in [1.54, 1.807) is 0 Å². The van der Waals surface area contributed by atoms with Gasteiger partial charge < -0.3 is 5.73 Å². The van der Waals surface area contributed by atoms with Gasteiger partial charge in [0.2, 0.25) is 0 Å². The number of fused-ring (bicyclic) bond motifs is 1. The lowest BCUT2D eigenvalue weighted by molar-refractivity contribution is 0.572. The monoisotopic (exact) mass is 292 g/mol. The first-order valence-electron chi connectivity index (χ1n) is 5.66. The lowest BCUT2D eigenvalue weighted by Gasteiger charge is -2.19. The van der Waals surface area contributed by atoms with Crippen LogP contribution in [0, 0.1) is 6.92 Å². The van der Waals surface area contributed by atoms with E-state index in [2.05, 4.69) is 43.6 Å². The molecule has 17 heavy (non-hydrogen) atoms. The second-order valence-corrected chi connectivity index (χ2v) is 6.27. The van der Waals surface area contributed by atoms with Crippen LogP contribution < -0.4 is 5.73 Å². The number of halogens is 1. The fourth-order valence-electron chi connectivity index (χ4n) is 1.81. The Balaban J connectivity index is 2.84. The van der Waals surface area contributed by atoms with E-state index in [1.807, 2.05) is 18.2 Å². The quantitative estimate of drug-likeness (QED) is 0.791. The van der Waals surface area contributed by atoms with Crippen LogP contribution in [0.2, 0.25) is 0 Å². The lowest BCUT2D eigenvalue weighted by Crippen LogP contribution is -2.14. The Labute approximate surface area is 110 Å². The third kappa shape index (κ3) is 2.16. The molecule has 0 saturated carbocycles. The third-order valence-corrected chi connectivity index (χ3v) is 3.83. The average Bonchev–Trinajstić information content (AvgIpc) is 2.22. The summed E-state index contributed by atoms with van der Waals surface area (Å²) in [5.74, 6) is 0. The van der Waals surface area contributed by atoms with E-state index in [0.717, 1.165) is 32.3 Å². The Morgan fingerprint density at radius 2 is 1.88 bits per heavy atom. The van der Waals surface area contributed by atoms with Gasteiger partial charge in [0.15, 0.2) is 0 Å². The number of aryl methyl sites for hydroxylation is 1. The highest BCUT2D eigenvalue weighted by molar-refractivity contribution is 9.10.